The second-order valence-corrected chi connectivity index (χ2v) is 7.33. The maximum absolute atomic E-state index is 13.2. The summed E-state index contributed by atoms with van der Waals surface area (Å²) < 4.78 is 18.1. The fourth-order valence-corrected chi connectivity index (χ4v) is 5.14. The van der Waals surface area contributed by atoms with E-state index < -0.39 is 22.7 Å². The van der Waals surface area contributed by atoms with Gasteiger partial charge in [-0.1, -0.05) is 17.7 Å². The van der Waals surface area contributed by atoms with E-state index in [1.807, 2.05) is 0 Å². The molecule has 1 aliphatic heterocycles. The number of carbonyl (C=O) groups excluding carboxylic acids is 2. The van der Waals surface area contributed by atoms with E-state index in [-0.39, 0.29) is 17.4 Å². The largest absolute Gasteiger partial charge is 0.468 e. The standard InChI is InChI=1S/C18H19FO4S/c1-23-17(21)16-15(11-3-2-4-14(20)9-11)18(22,10-24-16)12-5-7-13(19)8-6-12/h5-9,15-16,22H,2-4,10H2,1H3/t15-,16+,18-/m1/s1. The Kier molecular flexibility index (Phi) is 4.78. The first-order valence-corrected chi connectivity index (χ1v) is 8.92. The van der Waals surface area contributed by atoms with Gasteiger partial charge in [0.05, 0.1) is 7.11 Å². The Morgan fingerprint density at radius 3 is 2.67 bits per heavy atom. The predicted molar refractivity (Wildman–Crippen MR) is 89.0 cm³/mol. The normalized spacial score (nSPS) is 30.1. The van der Waals surface area contributed by atoms with Gasteiger partial charge in [-0.2, -0.15) is 0 Å². The summed E-state index contributed by atoms with van der Waals surface area (Å²) in [5.74, 6) is -1.06. The molecule has 2 aliphatic rings. The first-order valence-electron chi connectivity index (χ1n) is 7.87. The van der Waals surface area contributed by atoms with Crippen molar-refractivity contribution in [1.29, 1.82) is 0 Å². The smallest absolute Gasteiger partial charge is 0.319 e. The minimum absolute atomic E-state index is 0.0122. The fourth-order valence-electron chi connectivity index (χ4n) is 3.54. The van der Waals surface area contributed by atoms with Crippen molar-refractivity contribution < 1.29 is 23.8 Å². The predicted octanol–water partition coefficient (Wildman–Crippen LogP) is 2.60. The number of benzene rings is 1. The average molecular weight is 350 g/mol. The van der Waals surface area contributed by atoms with Crippen LogP contribution in [0.25, 0.3) is 0 Å². The summed E-state index contributed by atoms with van der Waals surface area (Å²) in [5, 5.41) is 10.8. The van der Waals surface area contributed by atoms with Gasteiger partial charge in [-0.15, -0.1) is 11.8 Å². The van der Waals surface area contributed by atoms with Crippen LogP contribution in [0.4, 0.5) is 4.39 Å². The molecule has 0 unspecified atom stereocenters. The van der Waals surface area contributed by atoms with Crippen LogP contribution in [0.15, 0.2) is 35.9 Å². The molecule has 1 aromatic carbocycles. The van der Waals surface area contributed by atoms with Crippen molar-refractivity contribution in [1.82, 2.24) is 0 Å². The Balaban J connectivity index is 2.05. The number of esters is 1. The Labute approximate surface area is 144 Å². The Morgan fingerprint density at radius 2 is 2.04 bits per heavy atom. The van der Waals surface area contributed by atoms with E-state index in [9.17, 15) is 19.1 Å². The minimum Gasteiger partial charge on any atom is -0.468 e. The zero-order valence-electron chi connectivity index (χ0n) is 13.3. The lowest BCUT2D eigenvalue weighted by Gasteiger charge is -2.34. The number of allylic oxidation sites excluding steroid dienone is 1. The van der Waals surface area contributed by atoms with Gasteiger partial charge in [0.15, 0.2) is 5.78 Å². The molecule has 6 heteroatoms. The van der Waals surface area contributed by atoms with Gasteiger partial charge >= 0.3 is 5.97 Å². The van der Waals surface area contributed by atoms with E-state index in [1.165, 1.54) is 43.1 Å². The zero-order valence-corrected chi connectivity index (χ0v) is 14.1. The lowest BCUT2D eigenvalue weighted by Crippen LogP contribution is -2.41. The van der Waals surface area contributed by atoms with Crippen LogP contribution in [0.5, 0.6) is 0 Å². The molecule has 4 nitrogen and oxygen atoms in total. The number of methoxy groups -OCH3 is 1. The molecule has 1 fully saturated rings. The summed E-state index contributed by atoms with van der Waals surface area (Å²) >= 11 is 1.31. The number of carbonyl (C=O) groups is 2. The van der Waals surface area contributed by atoms with E-state index in [2.05, 4.69) is 0 Å². The van der Waals surface area contributed by atoms with Gasteiger partial charge in [0.1, 0.15) is 16.7 Å². The van der Waals surface area contributed by atoms with Crippen LogP contribution in [-0.2, 0) is 19.9 Å². The van der Waals surface area contributed by atoms with Gasteiger partial charge in [-0.25, -0.2) is 4.39 Å². The van der Waals surface area contributed by atoms with Crippen LogP contribution in [0.1, 0.15) is 24.8 Å². The monoisotopic (exact) mass is 350 g/mol. The van der Waals surface area contributed by atoms with E-state index >= 15 is 0 Å². The molecule has 1 aromatic rings. The molecule has 3 rings (SSSR count). The molecule has 0 spiro atoms. The van der Waals surface area contributed by atoms with Crippen molar-refractivity contribution in [3.8, 4) is 0 Å². The fraction of sp³-hybridized carbons (Fsp3) is 0.444. The third-order valence-electron chi connectivity index (χ3n) is 4.71. The second-order valence-electron chi connectivity index (χ2n) is 6.20. The molecular formula is C18H19FO4S. The number of aliphatic hydroxyl groups is 1. The van der Waals surface area contributed by atoms with Crippen LogP contribution < -0.4 is 0 Å². The van der Waals surface area contributed by atoms with Crippen molar-refractivity contribution in [2.45, 2.75) is 30.1 Å². The maximum Gasteiger partial charge on any atom is 0.319 e. The number of ketones is 1. The van der Waals surface area contributed by atoms with Gasteiger partial charge in [0.2, 0.25) is 0 Å². The third-order valence-corrected chi connectivity index (χ3v) is 6.14. The Bertz CT molecular complexity index is 685. The highest BCUT2D eigenvalue weighted by Gasteiger charge is 2.53. The highest BCUT2D eigenvalue weighted by molar-refractivity contribution is 8.01. The Morgan fingerprint density at radius 1 is 1.33 bits per heavy atom. The lowest BCUT2D eigenvalue weighted by atomic mass is 9.73. The molecular weight excluding hydrogens is 331 g/mol. The molecule has 0 aromatic heterocycles. The van der Waals surface area contributed by atoms with Crippen molar-refractivity contribution in [3.63, 3.8) is 0 Å². The van der Waals surface area contributed by atoms with Gasteiger partial charge in [-0.3, -0.25) is 9.59 Å². The number of hydrogen-bond acceptors (Lipinski definition) is 5. The molecule has 0 amide bonds. The molecule has 0 radical (unpaired) electrons. The summed E-state index contributed by atoms with van der Waals surface area (Å²) in [6, 6.07) is 5.66. The van der Waals surface area contributed by atoms with Crippen molar-refractivity contribution >= 4 is 23.5 Å². The maximum atomic E-state index is 13.2. The average Bonchev–Trinajstić information content (AvgIpc) is 2.93. The first kappa shape index (κ1) is 17.2. The highest BCUT2D eigenvalue weighted by Crippen LogP contribution is 2.51. The molecule has 1 saturated heterocycles. The molecule has 0 saturated carbocycles. The van der Waals surface area contributed by atoms with Crippen LogP contribution in [-0.4, -0.2) is 35.0 Å². The molecule has 1 N–H and O–H groups in total. The number of ether oxygens (including phenoxy) is 1. The SMILES string of the molecule is COC(=O)[C@H]1SC[C@@](O)(c2ccc(F)cc2)[C@@H]1C1=CC(=O)CCC1. The van der Waals surface area contributed by atoms with Crippen molar-refractivity contribution in [3.05, 3.63) is 47.3 Å². The van der Waals surface area contributed by atoms with Crippen LogP contribution in [0.2, 0.25) is 0 Å². The van der Waals surface area contributed by atoms with E-state index in [1.54, 1.807) is 6.08 Å². The van der Waals surface area contributed by atoms with Gasteiger partial charge in [0, 0.05) is 18.1 Å². The van der Waals surface area contributed by atoms with E-state index in [0.717, 1.165) is 5.57 Å². The van der Waals surface area contributed by atoms with Crippen molar-refractivity contribution in [2.75, 3.05) is 12.9 Å². The zero-order chi connectivity index (χ0) is 17.3. The van der Waals surface area contributed by atoms with Crippen LogP contribution >= 0.6 is 11.8 Å². The van der Waals surface area contributed by atoms with E-state index in [0.29, 0.717) is 24.8 Å². The van der Waals surface area contributed by atoms with Gasteiger partial charge < -0.3 is 9.84 Å². The topological polar surface area (TPSA) is 63.6 Å². The first-order chi connectivity index (χ1) is 11.5. The van der Waals surface area contributed by atoms with Crippen molar-refractivity contribution in [2.24, 2.45) is 5.92 Å². The molecule has 1 aliphatic carbocycles. The minimum atomic E-state index is -1.33. The summed E-state index contributed by atoms with van der Waals surface area (Å²) in [7, 11) is 1.32. The number of halogens is 1. The molecule has 0 bridgehead atoms. The third kappa shape index (κ3) is 3.00. The van der Waals surface area contributed by atoms with Gasteiger partial charge in [-0.05, 0) is 36.6 Å². The van der Waals surface area contributed by atoms with E-state index in [4.69, 9.17) is 4.74 Å². The lowest BCUT2D eigenvalue weighted by molar-refractivity contribution is -0.142. The van der Waals surface area contributed by atoms with Crippen LogP contribution in [0.3, 0.4) is 0 Å². The number of thioether (sulfide) groups is 1. The number of rotatable bonds is 3. The Hall–Kier alpha value is -1.66. The van der Waals surface area contributed by atoms with Gasteiger partial charge in [0.25, 0.3) is 0 Å². The van der Waals surface area contributed by atoms with Crippen LogP contribution in [0, 0.1) is 11.7 Å². The molecule has 128 valence electrons. The molecule has 3 atom stereocenters. The second kappa shape index (κ2) is 6.69. The molecule has 1 heterocycles. The summed E-state index contributed by atoms with van der Waals surface area (Å²) in [4.78, 5) is 24.0. The number of hydrogen-bond donors (Lipinski definition) is 1. The highest BCUT2D eigenvalue weighted by atomic mass is 32.2. The summed E-state index contributed by atoms with van der Waals surface area (Å²) in [6.45, 7) is 0. The quantitative estimate of drug-likeness (QED) is 0.849. The summed E-state index contributed by atoms with van der Waals surface area (Å²) in [5.41, 5.74) is -0.00840. The molecule has 24 heavy (non-hydrogen) atoms. The summed E-state index contributed by atoms with van der Waals surface area (Å²) in [6.07, 6.45) is 3.42.